The highest BCUT2D eigenvalue weighted by atomic mass is 79.9. The van der Waals surface area contributed by atoms with Gasteiger partial charge >= 0.3 is 0 Å². The summed E-state index contributed by atoms with van der Waals surface area (Å²) in [6, 6.07) is 9.41. The highest BCUT2D eigenvalue weighted by Crippen LogP contribution is 2.34. The third-order valence-corrected chi connectivity index (χ3v) is 5.18. The van der Waals surface area contributed by atoms with Gasteiger partial charge < -0.3 is 5.73 Å². The van der Waals surface area contributed by atoms with E-state index in [2.05, 4.69) is 20.7 Å². The van der Waals surface area contributed by atoms with Crippen molar-refractivity contribution >= 4 is 60.5 Å². The quantitative estimate of drug-likeness (QED) is 0.767. The third-order valence-electron chi connectivity index (χ3n) is 2.44. The van der Waals surface area contributed by atoms with Crippen molar-refractivity contribution in [1.82, 2.24) is 0 Å². The number of sulfonamides is 1. The summed E-state index contributed by atoms with van der Waals surface area (Å²) in [7, 11) is -3.93. The molecule has 0 aliphatic carbocycles. The minimum atomic E-state index is -3.93. The van der Waals surface area contributed by atoms with E-state index in [-0.39, 0.29) is 20.6 Å². The maximum atomic E-state index is 12.4. The lowest BCUT2D eigenvalue weighted by atomic mass is 10.3. The van der Waals surface area contributed by atoms with Crippen LogP contribution in [-0.2, 0) is 10.0 Å². The Balaban J connectivity index is 2.50. The molecule has 0 aliphatic heterocycles. The van der Waals surface area contributed by atoms with Crippen molar-refractivity contribution in [1.29, 1.82) is 0 Å². The van der Waals surface area contributed by atoms with Gasteiger partial charge in [0.2, 0.25) is 0 Å². The minimum Gasteiger partial charge on any atom is -0.397 e. The fraction of sp³-hybridized carbons (Fsp3) is 0. The standard InChI is InChI=1S/C12H9BrCl2N2O2S/c13-7-5-8(14)12(9(15)6-7)20(18,19)17-11-4-2-1-3-10(11)16/h1-6,17H,16H2. The fourth-order valence-corrected chi connectivity index (χ4v) is 4.60. The molecule has 0 aromatic heterocycles. The summed E-state index contributed by atoms with van der Waals surface area (Å²) >= 11 is 15.1. The number of nitrogens with one attached hydrogen (secondary N) is 1. The first-order valence-corrected chi connectivity index (χ1v) is 8.36. The van der Waals surface area contributed by atoms with Crippen molar-refractivity contribution in [2.75, 3.05) is 10.5 Å². The van der Waals surface area contributed by atoms with Crippen molar-refractivity contribution in [2.45, 2.75) is 4.90 Å². The maximum absolute atomic E-state index is 12.4. The van der Waals surface area contributed by atoms with Gasteiger partial charge in [-0.05, 0) is 24.3 Å². The van der Waals surface area contributed by atoms with Crippen LogP contribution in [0.15, 0.2) is 45.8 Å². The van der Waals surface area contributed by atoms with Crippen molar-refractivity contribution in [3.05, 3.63) is 50.9 Å². The molecule has 0 amide bonds. The second-order valence-electron chi connectivity index (χ2n) is 3.89. The molecule has 0 atom stereocenters. The zero-order valence-electron chi connectivity index (χ0n) is 9.90. The van der Waals surface area contributed by atoms with Gasteiger partial charge in [0.25, 0.3) is 10.0 Å². The molecule has 0 unspecified atom stereocenters. The van der Waals surface area contributed by atoms with Gasteiger partial charge in [-0.15, -0.1) is 0 Å². The number of para-hydroxylation sites is 2. The van der Waals surface area contributed by atoms with Crippen LogP contribution in [0.5, 0.6) is 0 Å². The van der Waals surface area contributed by atoms with Crippen molar-refractivity contribution in [3.8, 4) is 0 Å². The first kappa shape index (κ1) is 15.4. The SMILES string of the molecule is Nc1ccccc1NS(=O)(=O)c1c(Cl)cc(Br)cc1Cl. The van der Waals surface area contributed by atoms with E-state index < -0.39 is 10.0 Å². The van der Waals surface area contributed by atoms with Gasteiger partial charge in [-0.1, -0.05) is 51.3 Å². The Morgan fingerprint density at radius 3 is 2.20 bits per heavy atom. The van der Waals surface area contributed by atoms with E-state index in [1.165, 1.54) is 12.1 Å². The first-order valence-electron chi connectivity index (χ1n) is 5.33. The third kappa shape index (κ3) is 3.20. The molecule has 106 valence electrons. The summed E-state index contributed by atoms with van der Waals surface area (Å²) in [4.78, 5) is -0.188. The molecule has 3 N–H and O–H groups in total. The second-order valence-corrected chi connectivity index (χ2v) is 7.24. The molecule has 2 aromatic carbocycles. The average molecular weight is 396 g/mol. The van der Waals surface area contributed by atoms with Crippen LogP contribution < -0.4 is 10.5 Å². The van der Waals surface area contributed by atoms with E-state index >= 15 is 0 Å². The van der Waals surface area contributed by atoms with Crippen LogP contribution in [0, 0.1) is 0 Å². The topological polar surface area (TPSA) is 72.2 Å². The lowest BCUT2D eigenvalue weighted by Gasteiger charge is -2.12. The smallest absolute Gasteiger partial charge is 0.264 e. The molecule has 20 heavy (non-hydrogen) atoms. The molecule has 0 aliphatic rings. The van der Waals surface area contributed by atoms with Gasteiger partial charge in [0.15, 0.2) is 0 Å². The first-order chi connectivity index (χ1) is 9.31. The van der Waals surface area contributed by atoms with Gasteiger partial charge in [-0.3, -0.25) is 4.72 Å². The van der Waals surface area contributed by atoms with Crippen molar-refractivity contribution < 1.29 is 8.42 Å². The average Bonchev–Trinajstić information content (AvgIpc) is 2.30. The lowest BCUT2D eigenvalue weighted by Crippen LogP contribution is -2.15. The molecule has 8 heteroatoms. The van der Waals surface area contributed by atoms with Crippen LogP contribution in [0.3, 0.4) is 0 Å². The van der Waals surface area contributed by atoms with Crippen LogP contribution >= 0.6 is 39.1 Å². The van der Waals surface area contributed by atoms with Crippen LogP contribution in [0.1, 0.15) is 0 Å². The van der Waals surface area contributed by atoms with Gasteiger partial charge in [-0.2, -0.15) is 0 Å². The second kappa shape index (κ2) is 5.81. The highest BCUT2D eigenvalue weighted by Gasteiger charge is 2.23. The number of rotatable bonds is 3. The molecule has 0 spiro atoms. The zero-order chi connectivity index (χ0) is 14.9. The van der Waals surface area contributed by atoms with Gasteiger partial charge in [0.1, 0.15) is 4.90 Å². The number of anilines is 2. The number of halogens is 3. The van der Waals surface area contributed by atoms with E-state index in [4.69, 9.17) is 28.9 Å². The zero-order valence-corrected chi connectivity index (χ0v) is 13.8. The Morgan fingerprint density at radius 2 is 1.65 bits per heavy atom. The van der Waals surface area contributed by atoms with Crippen LogP contribution in [-0.4, -0.2) is 8.42 Å². The molecule has 2 rings (SSSR count). The summed E-state index contributed by atoms with van der Waals surface area (Å²) < 4.78 is 27.7. The molecule has 2 aromatic rings. The van der Waals surface area contributed by atoms with Gasteiger partial charge in [0, 0.05) is 4.47 Å². The Labute approximate surface area is 135 Å². The van der Waals surface area contributed by atoms with Crippen LogP contribution in [0.25, 0.3) is 0 Å². The Morgan fingerprint density at radius 1 is 1.10 bits per heavy atom. The Kier molecular flexibility index (Phi) is 4.49. The highest BCUT2D eigenvalue weighted by molar-refractivity contribution is 9.10. The summed E-state index contributed by atoms with van der Waals surface area (Å²) in [5.74, 6) is 0. The summed E-state index contributed by atoms with van der Waals surface area (Å²) in [6.45, 7) is 0. The molecule has 0 fully saturated rings. The normalized spacial score (nSPS) is 11.3. The molecule has 0 heterocycles. The minimum absolute atomic E-state index is 0.0198. The van der Waals surface area contributed by atoms with Crippen molar-refractivity contribution in [2.24, 2.45) is 0 Å². The van der Waals surface area contributed by atoms with E-state index in [1.54, 1.807) is 24.3 Å². The van der Waals surface area contributed by atoms with E-state index in [9.17, 15) is 8.42 Å². The maximum Gasteiger partial charge on any atom is 0.264 e. The lowest BCUT2D eigenvalue weighted by molar-refractivity contribution is 0.601. The van der Waals surface area contributed by atoms with Gasteiger partial charge in [0.05, 0.1) is 21.4 Å². The van der Waals surface area contributed by atoms with Crippen molar-refractivity contribution in [3.63, 3.8) is 0 Å². The molecular weight excluding hydrogens is 387 g/mol. The number of nitrogens with two attached hydrogens (primary N) is 1. The van der Waals surface area contributed by atoms with E-state index in [0.29, 0.717) is 10.2 Å². The molecule has 0 bridgehead atoms. The van der Waals surface area contributed by atoms with Crippen LogP contribution in [0.2, 0.25) is 10.0 Å². The molecule has 0 radical (unpaired) electrons. The molecule has 0 saturated carbocycles. The monoisotopic (exact) mass is 394 g/mol. The molecule has 4 nitrogen and oxygen atoms in total. The number of hydrogen-bond donors (Lipinski definition) is 2. The summed E-state index contributed by atoms with van der Waals surface area (Å²) in [5, 5.41) is 0.0396. The molecule has 0 saturated heterocycles. The van der Waals surface area contributed by atoms with E-state index in [1.807, 2.05) is 0 Å². The Hall–Kier alpha value is -0.950. The predicted molar refractivity (Wildman–Crippen MR) is 85.8 cm³/mol. The number of benzene rings is 2. The van der Waals surface area contributed by atoms with E-state index in [0.717, 1.165) is 0 Å². The fourth-order valence-electron chi connectivity index (χ4n) is 1.57. The summed E-state index contributed by atoms with van der Waals surface area (Å²) in [6.07, 6.45) is 0. The van der Waals surface area contributed by atoms with Gasteiger partial charge in [-0.25, -0.2) is 8.42 Å². The largest absolute Gasteiger partial charge is 0.397 e. The van der Waals surface area contributed by atoms with Crippen LogP contribution in [0.4, 0.5) is 11.4 Å². The molecular formula is C12H9BrCl2N2O2S. The number of nitrogen functional groups attached to an aromatic ring is 1. The Bertz CT molecular complexity index is 743. The number of hydrogen-bond acceptors (Lipinski definition) is 3. The summed E-state index contributed by atoms with van der Waals surface area (Å²) in [5.41, 5.74) is 6.28. The predicted octanol–water partition coefficient (Wildman–Crippen LogP) is 4.14.